The zero-order valence-corrected chi connectivity index (χ0v) is 12.1. The molecule has 1 aliphatic carbocycles. The largest absolute Gasteiger partial charge is 0.360 e. The van der Waals surface area contributed by atoms with Crippen LogP contribution in [0, 0.1) is 5.92 Å². The topological polar surface area (TPSA) is 24.4 Å². The van der Waals surface area contributed by atoms with Crippen LogP contribution in [-0.4, -0.2) is 23.0 Å². The molecule has 0 aromatic heterocycles. The van der Waals surface area contributed by atoms with E-state index in [-0.39, 0.29) is 5.54 Å². The lowest BCUT2D eigenvalue weighted by atomic mass is 9.89. The minimum absolute atomic E-state index is 0.288. The van der Waals surface area contributed by atoms with E-state index in [2.05, 4.69) is 19.2 Å². The molecule has 98 valence electrons. The van der Waals surface area contributed by atoms with Crippen LogP contribution < -0.4 is 5.32 Å². The van der Waals surface area contributed by atoms with E-state index >= 15 is 0 Å². The summed E-state index contributed by atoms with van der Waals surface area (Å²) in [7, 11) is 0. The number of nitrogens with zero attached hydrogens (tertiary/aromatic N) is 1. The molecule has 2 fully saturated rings. The first kappa shape index (κ1) is 13.3. The van der Waals surface area contributed by atoms with Gasteiger partial charge < -0.3 is 5.32 Å². The van der Waals surface area contributed by atoms with Gasteiger partial charge in [-0.1, -0.05) is 37.9 Å². The second-order valence-electron chi connectivity index (χ2n) is 5.79. The van der Waals surface area contributed by atoms with Crippen molar-refractivity contribution in [2.75, 3.05) is 12.3 Å². The van der Waals surface area contributed by atoms with Gasteiger partial charge in [0.2, 0.25) is 0 Å². The molecule has 1 saturated heterocycles. The Hall–Kier alpha value is -0.180. The Bertz CT molecular complexity index is 271. The maximum absolute atomic E-state index is 4.82. The number of thioether (sulfide) groups is 1. The monoisotopic (exact) mass is 254 g/mol. The van der Waals surface area contributed by atoms with Gasteiger partial charge >= 0.3 is 0 Å². The van der Waals surface area contributed by atoms with E-state index in [1.54, 1.807) is 0 Å². The number of rotatable bonds is 3. The van der Waals surface area contributed by atoms with E-state index in [9.17, 15) is 0 Å². The minimum atomic E-state index is 0.288. The number of aliphatic imine (C=N–C) groups is 1. The lowest BCUT2D eigenvalue weighted by Gasteiger charge is -2.35. The van der Waals surface area contributed by atoms with Gasteiger partial charge in [0.1, 0.15) is 0 Å². The first-order valence-electron chi connectivity index (χ1n) is 7.17. The molecule has 3 heteroatoms. The van der Waals surface area contributed by atoms with Gasteiger partial charge in [0, 0.05) is 17.8 Å². The predicted molar refractivity (Wildman–Crippen MR) is 77.8 cm³/mol. The fraction of sp³-hybridized carbons (Fsp3) is 0.929. The highest BCUT2D eigenvalue weighted by molar-refractivity contribution is 8.13. The summed E-state index contributed by atoms with van der Waals surface area (Å²) in [6.07, 6.45) is 9.52. The van der Waals surface area contributed by atoms with Crippen molar-refractivity contribution in [3.63, 3.8) is 0 Å². The molecule has 1 unspecified atom stereocenters. The number of amidine groups is 1. The summed E-state index contributed by atoms with van der Waals surface area (Å²) in [6, 6.07) is 0. The Labute approximate surface area is 110 Å². The summed E-state index contributed by atoms with van der Waals surface area (Å²) in [5.74, 6) is 2.08. The summed E-state index contributed by atoms with van der Waals surface area (Å²) < 4.78 is 0. The third-order valence-electron chi connectivity index (χ3n) is 4.30. The fourth-order valence-electron chi connectivity index (χ4n) is 2.66. The average molecular weight is 254 g/mol. The van der Waals surface area contributed by atoms with E-state index in [0.717, 1.165) is 12.5 Å². The van der Waals surface area contributed by atoms with Gasteiger partial charge in [-0.3, -0.25) is 4.99 Å². The molecule has 2 rings (SSSR count). The van der Waals surface area contributed by atoms with Gasteiger partial charge in [-0.15, -0.1) is 0 Å². The molecule has 2 aliphatic rings. The van der Waals surface area contributed by atoms with Gasteiger partial charge in [0.25, 0.3) is 0 Å². The SMILES string of the molecule is CCC1(C)CCSC(=NCC2CCCCC2)N1. The van der Waals surface area contributed by atoms with Crippen molar-refractivity contribution >= 4 is 16.9 Å². The molecule has 0 radical (unpaired) electrons. The van der Waals surface area contributed by atoms with Crippen molar-refractivity contribution < 1.29 is 0 Å². The molecule has 1 atom stereocenters. The molecule has 17 heavy (non-hydrogen) atoms. The van der Waals surface area contributed by atoms with Crippen molar-refractivity contribution in [2.45, 2.75) is 64.3 Å². The Morgan fingerprint density at radius 1 is 1.35 bits per heavy atom. The summed E-state index contributed by atoms with van der Waals surface area (Å²) in [6.45, 7) is 5.64. The summed E-state index contributed by atoms with van der Waals surface area (Å²) in [4.78, 5) is 4.82. The van der Waals surface area contributed by atoms with Crippen LogP contribution in [0.2, 0.25) is 0 Å². The van der Waals surface area contributed by atoms with Crippen molar-refractivity contribution in [1.29, 1.82) is 0 Å². The molecule has 2 nitrogen and oxygen atoms in total. The first-order valence-corrected chi connectivity index (χ1v) is 8.16. The molecular formula is C14H26N2S. The van der Waals surface area contributed by atoms with Gasteiger partial charge in [-0.2, -0.15) is 0 Å². The number of hydrogen-bond acceptors (Lipinski definition) is 2. The lowest BCUT2D eigenvalue weighted by Crippen LogP contribution is -2.48. The van der Waals surface area contributed by atoms with Crippen LogP contribution in [0.15, 0.2) is 4.99 Å². The summed E-state index contributed by atoms with van der Waals surface area (Å²) >= 11 is 1.91. The highest BCUT2D eigenvalue weighted by Gasteiger charge is 2.27. The highest BCUT2D eigenvalue weighted by atomic mass is 32.2. The van der Waals surface area contributed by atoms with E-state index in [1.807, 2.05) is 11.8 Å². The molecule has 1 N–H and O–H groups in total. The zero-order valence-electron chi connectivity index (χ0n) is 11.3. The predicted octanol–water partition coefficient (Wildman–Crippen LogP) is 3.82. The van der Waals surface area contributed by atoms with Crippen molar-refractivity contribution in [3.05, 3.63) is 0 Å². The van der Waals surface area contributed by atoms with Gasteiger partial charge in [0.05, 0.1) is 0 Å². The summed E-state index contributed by atoms with van der Waals surface area (Å²) in [5.41, 5.74) is 0.288. The zero-order chi connectivity index (χ0) is 12.1. The molecule has 0 aromatic rings. The van der Waals surface area contributed by atoms with Gasteiger partial charge in [0.15, 0.2) is 5.17 Å². The fourth-order valence-corrected chi connectivity index (χ4v) is 3.89. The van der Waals surface area contributed by atoms with Crippen LogP contribution in [0.1, 0.15) is 58.8 Å². The number of hydrogen-bond donors (Lipinski definition) is 1. The Morgan fingerprint density at radius 3 is 2.82 bits per heavy atom. The Morgan fingerprint density at radius 2 is 2.12 bits per heavy atom. The maximum atomic E-state index is 4.82. The molecular weight excluding hydrogens is 228 g/mol. The van der Waals surface area contributed by atoms with Crippen LogP contribution in [0.5, 0.6) is 0 Å². The second-order valence-corrected chi connectivity index (χ2v) is 6.87. The Kier molecular flexibility index (Phi) is 4.78. The number of nitrogens with one attached hydrogen (secondary N) is 1. The highest BCUT2D eigenvalue weighted by Crippen LogP contribution is 2.27. The smallest absolute Gasteiger partial charge is 0.156 e. The van der Waals surface area contributed by atoms with Crippen LogP contribution in [0.25, 0.3) is 0 Å². The van der Waals surface area contributed by atoms with Crippen LogP contribution in [-0.2, 0) is 0 Å². The molecule has 1 saturated carbocycles. The summed E-state index contributed by atoms with van der Waals surface area (Å²) in [5, 5.41) is 4.83. The van der Waals surface area contributed by atoms with E-state index < -0.39 is 0 Å². The normalized spacial score (nSPS) is 33.6. The van der Waals surface area contributed by atoms with Crippen LogP contribution in [0.3, 0.4) is 0 Å². The van der Waals surface area contributed by atoms with E-state index in [4.69, 9.17) is 4.99 Å². The van der Waals surface area contributed by atoms with Crippen molar-refractivity contribution in [3.8, 4) is 0 Å². The minimum Gasteiger partial charge on any atom is -0.360 e. The van der Waals surface area contributed by atoms with Crippen molar-refractivity contribution in [2.24, 2.45) is 10.9 Å². The quantitative estimate of drug-likeness (QED) is 0.828. The Balaban J connectivity index is 1.83. The van der Waals surface area contributed by atoms with Crippen LogP contribution in [0.4, 0.5) is 0 Å². The lowest BCUT2D eigenvalue weighted by molar-refractivity contribution is 0.364. The van der Waals surface area contributed by atoms with Crippen LogP contribution >= 0.6 is 11.8 Å². The first-order chi connectivity index (χ1) is 8.22. The van der Waals surface area contributed by atoms with Gasteiger partial charge in [-0.25, -0.2) is 0 Å². The molecule has 0 amide bonds. The second kappa shape index (κ2) is 6.12. The van der Waals surface area contributed by atoms with E-state index in [0.29, 0.717) is 0 Å². The molecule has 0 spiro atoms. The third-order valence-corrected chi connectivity index (χ3v) is 5.21. The molecule has 1 heterocycles. The molecule has 1 aliphatic heterocycles. The third kappa shape index (κ3) is 3.90. The average Bonchev–Trinajstić information content (AvgIpc) is 2.38. The molecule has 0 bridgehead atoms. The van der Waals surface area contributed by atoms with Crippen molar-refractivity contribution in [1.82, 2.24) is 5.32 Å². The van der Waals surface area contributed by atoms with E-state index in [1.165, 1.54) is 55.9 Å². The standard InChI is InChI=1S/C14H26N2S/c1-3-14(2)9-10-17-13(16-14)15-11-12-7-5-4-6-8-12/h12H,3-11H2,1-2H3,(H,15,16). The van der Waals surface area contributed by atoms with Gasteiger partial charge in [-0.05, 0) is 38.5 Å². The maximum Gasteiger partial charge on any atom is 0.156 e. The molecule has 0 aromatic carbocycles.